The maximum absolute atomic E-state index is 11.3. The summed E-state index contributed by atoms with van der Waals surface area (Å²) in [5.41, 5.74) is 0. The Balaban J connectivity index is 2.75. The van der Waals surface area contributed by atoms with Crippen LogP contribution in [-0.4, -0.2) is 25.0 Å². The zero-order valence-corrected chi connectivity index (χ0v) is 11.9. The molecule has 1 aromatic carbocycles. The van der Waals surface area contributed by atoms with E-state index in [9.17, 15) is 4.79 Å². The second kappa shape index (κ2) is 7.76. The second-order valence-electron chi connectivity index (χ2n) is 3.28. The zero-order valence-electron chi connectivity index (χ0n) is 10.3. The Morgan fingerprint density at radius 1 is 1.39 bits per heavy atom. The average Bonchev–Trinajstić information content (AvgIpc) is 2.38. The first kappa shape index (κ1) is 14.6. The lowest BCUT2D eigenvalue weighted by atomic mass is 10.3. The molecule has 0 radical (unpaired) electrons. The van der Waals surface area contributed by atoms with E-state index in [1.807, 2.05) is 12.1 Å². The van der Waals surface area contributed by atoms with E-state index in [-0.39, 0.29) is 0 Å². The Morgan fingerprint density at radius 3 is 2.72 bits per heavy atom. The van der Waals surface area contributed by atoms with Crippen LogP contribution in [0.5, 0.6) is 11.5 Å². The number of carbonyl (C=O) groups is 1. The van der Waals surface area contributed by atoms with Crippen molar-refractivity contribution >= 4 is 21.9 Å². The highest BCUT2D eigenvalue weighted by Gasteiger charge is 2.05. The van der Waals surface area contributed by atoms with Crippen LogP contribution in [-0.2, 0) is 9.53 Å². The highest BCUT2D eigenvalue weighted by Crippen LogP contribution is 2.21. The highest BCUT2D eigenvalue weighted by atomic mass is 79.9. The number of hydrogen-bond donors (Lipinski definition) is 0. The van der Waals surface area contributed by atoms with Gasteiger partial charge in [-0.2, -0.15) is 0 Å². The molecule has 18 heavy (non-hydrogen) atoms. The molecule has 0 bridgehead atoms. The molecule has 0 spiro atoms. The maximum Gasteiger partial charge on any atom is 0.334 e. The highest BCUT2D eigenvalue weighted by molar-refractivity contribution is 9.09. The third-order valence-electron chi connectivity index (χ3n) is 1.99. The second-order valence-corrected chi connectivity index (χ2v) is 3.84. The molecule has 98 valence electrons. The minimum Gasteiger partial charge on any atom is -0.497 e. The molecule has 0 aliphatic carbocycles. The van der Waals surface area contributed by atoms with Gasteiger partial charge in [-0.05, 0) is 19.1 Å². The number of alkyl halides is 1. The van der Waals surface area contributed by atoms with E-state index in [2.05, 4.69) is 15.9 Å². The van der Waals surface area contributed by atoms with Crippen LogP contribution in [0, 0.1) is 0 Å². The van der Waals surface area contributed by atoms with Crippen molar-refractivity contribution in [3.8, 4) is 11.5 Å². The van der Waals surface area contributed by atoms with E-state index in [1.54, 1.807) is 26.2 Å². The predicted molar refractivity (Wildman–Crippen MR) is 72.1 cm³/mol. The van der Waals surface area contributed by atoms with Gasteiger partial charge in [-0.25, -0.2) is 4.79 Å². The number of ether oxygens (including phenoxy) is 3. The number of carbonyl (C=O) groups excluding carboxylic acids is 1. The summed E-state index contributed by atoms with van der Waals surface area (Å²) in [7, 11) is 1.58. The van der Waals surface area contributed by atoms with Gasteiger partial charge in [0, 0.05) is 6.07 Å². The minimum atomic E-state index is -0.421. The number of benzene rings is 1. The van der Waals surface area contributed by atoms with Gasteiger partial charge in [-0.1, -0.05) is 22.0 Å². The molecule has 0 aliphatic heterocycles. The molecule has 0 atom stereocenters. The van der Waals surface area contributed by atoms with Crippen molar-refractivity contribution in [3.05, 3.63) is 36.1 Å². The van der Waals surface area contributed by atoms with Crippen molar-refractivity contribution in [1.29, 1.82) is 0 Å². The molecule has 0 N–H and O–H groups in total. The molecule has 5 heteroatoms. The van der Waals surface area contributed by atoms with Crippen LogP contribution in [0.15, 0.2) is 36.1 Å². The average molecular weight is 315 g/mol. The fourth-order valence-electron chi connectivity index (χ4n) is 1.23. The van der Waals surface area contributed by atoms with Crippen molar-refractivity contribution in [1.82, 2.24) is 0 Å². The maximum atomic E-state index is 11.3. The van der Waals surface area contributed by atoms with Crippen LogP contribution in [0.4, 0.5) is 0 Å². The van der Waals surface area contributed by atoms with Gasteiger partial charge in [0.05, 0.1) is 25.1 Å². The molecule has 4 nitrogen and oxygen atoms in total. The third-order valence-corrected chi connectivity index (χ3v) is 2.54. The molecule has 1 rings (SSSR count). The molecule has 0 saturated heterocycles. The summed E-state index contributed by atoms with van der Waals surface area (Å²) in [5, 5.41) is 0.420. The van der Waals surface area contributed by atoms with E-state index in [1.165, 1.54) is 6.08 Å². The molecule has 0 amide bonds. The summed E-state index contributed by atoms with van der Waals surface area (Å²) in [4.78, 5) is 11.3. The Morgan fingerprint density at radius 2 is 2.11 bits per heavy atom. The molecule has 0 unspecified atom stereocenters. The summed E-state index contributed by atoms with van der Waals surface area (Å²) in [6.45, 7) is 2.09. The number of hydrogen-bond acceptors (Lipinski definition) is 4. The van der Waals surface area contributed by atoms with Crippen LogP contribution in [0.1, 0.15) is 6.92 Å². The Hall–Kier alpha value is -1.49. The summed E-state index contributed by atoms with van der Waals surface area (Å²) >= 11 is 3.26. The van der Waals surface area contributed by atoms with Crippen molar-refractivity contribution in [2.45, 2.75) is 6.92 Å². The molecular weight excluding hydrogens is 300 g/mol. The van der Waals surface area contributed by atoms with Crippen LogP contribution >= 0.6 is 15.9 Å². The van der Waals surface area contributed by atoms with Crippen molar-refractivity contribution in [3.63, 3.8) is 0 Å². The molecule has 0 aliphatic rings. The van der Waals surface area contributed by atoms with E-state index < -0.39 is 5.97 Å². The Labute approximate surface area is 115 Å². The lowest BCUT2D eigenvalue weighted by Crippen LogP contribution is -2.05. The van der Waals surface area contributed by atoms with Crippen molar-refractivity contribution in [2.24, 2.45) is 0 Å². The fraction of sp³-hybridized carbons (Fsp3) is 0.308. The van der Waals surface area contributed by atoms with E-state index in [4.69, 9.17) is 14.2 Å². The molecule has 0 saturated carbocycles. The Bertz CT molecular complexity index is 429. The number of methoxy groups -OCH3 is 1. The quantitative estimate of drug-likeness (QED) is 0.350. The van der Waals surface area contributed by atoms with Crippen molar-refractivity contribution < 1.29 is 19.0 Å². The van der Waals surface area contributed by atoms with Crippen molar-refractivity contribution in [2.75, 3.05) is 19.0 Å². The zero-order chi connectivity index (χ0) is 13.4. The lowest BCUT2D eigenvalue weighted by Gasteiger charge is -2.08. The van der Waals surface area contributed by atoms with Crippen LogP contribution in [0.3, 0.4) is 0 Å². The van der Waals surface area contributed by atoms with E-state index >= 15 is 0 Å². The molecule has 0 aromatic heterocycles. The van der Waals surface area contributed by atoms with Gasteiger partial charge in [0.25, 0.3) is 0 Å². The predicted octanol–water partition coefficient (Wildman–Crippen LogP) is 2.92. The number of rotatable bonds is 6. The van der Waals surface area contributed by atoms with Crippen LogP contribution in [0.25, 0.3) is 0 Å². The standard InChI is InChI=1S/C13H15BrO4/c1-3-17-13(15)8-12(9-14)18-11-6-4-5-10(7-11)16-2/h4-8H,3,9H2,1-2H3. The van der Waals surface area contributed by atoms with Crippen LogP contribution in [0.2, 0.25) is 0 Å². The summed E-state index contributed by atoms with van der Waals surface area (Å²) in [6.07, 6.45) is 1.32. The lowest BCUT2D eigenvalue weighted by molar-refractivity contribution is -0.137. The number of allylic oxidation sites excluding steroid dienone is 1. The smallest absolute Gasteiger partial charge is 0.334 e. The first-order valence-electron chi connectivity index (χ1n) is 5.44. The van der Waals surface area contributed by atoms with Gasteiger partial charge in [0.2, 0.25) is 0 Å². The first-order valence-corrected chi connectivity index (χ1v) is 6.57. The monoisotopic (exact) mass is 314 g/mol. The van der Waals surface area contributed by atoms with Gasteiger partial charge in [0.1, 0.15) is 17.3 Å². The summed E-state index contributed by atoms with van der Waals surface area (Å²) in [5.74, 6) is 1.35. The first-order chi connectivity index (χ1) is 8.69. The van der Waals surface area contributed by atoms with Gasteiger partial charge >= 0.3 is 5.97 Å². The van der Waals surface area contributed by atoms with Gasteiger partial charge in [0.15, 0.2) is 0 Å². The topological polar surface area (TPSA) is 44.8 Å². The fourth-order valence-corrected chi connectivity index (χ4v) is 1.50. The summed E-state index contributed by atoms with van der Waals surface area (Å²) < 4.78 is 15.5. The molecular formula is C13H15BrO4. The molecule has 0 heterocycles. The number of halogens is 1. The largest absolute Gasteiger partial charge is 0.497 e. The van der Waals surface area contributed by atoms with Crippen LogP contribution < -0.4 is 9.47 Å². The third kappa shape index (κ3) is 4.79. The van der Waals surface area contributed by atoms with E-state index in [0.29, 0.717) is 29.2 Å². The Kier molecular flexibility index (Phi) is 6.28. The SMILES string of the molecule is CCOC(=O)C=C(CBr)Oc1cccc(OC)c1. The number of esters is 1. The minimum absolute atomic E-state index is 0.337. The normalized spacial score (nSPS) is 10.9. The van der Waals surface area contributed by atoms with Gasteiger partial charge < -0.3 is 14.2 Å². The van der Waals surface area contributed by atoms with Gasteiger partial charge in [-0.15, -0.1) is 0 Å². The molecule has 1 aromatic rings. The van der Waals surface area contributed by atoms with E-state index in [0.717, 1.165) is 0 Å². The van der Waals surface area contributed by atoms with Gasteiger partial charge in [-0.3, -0.25) is 0 Å². The summed E-state index contributed by atoms with van der Waals surface area (Å²) in [6, 6.07) is 7.14. The molecule has 0 fully saturated rings.